The summed E-state index contributed by atoms with van der Waals surface area (Å²) in [6.45, 7) is 3.04. The number of carbonyl (C=O) groups is 1. The predicted octanol–water partition coefficient (Wildman–Crippen LogP) is 1.10. The Bertz CT molecular complexity index is 611. The van der Waals surface area contributed by atoms with E-state index in [2.05, 4.69) is 20.3 Å². The zero-order valence-electron chi connectivity index (χ0n) is 11.9. The summed E-state index contributed by atoms with van der Waals surface area (Å²) in [7, 11) is 0. The number of nitrogens with one attached hydrogen (secondary N) is 2. The standard InChI is InChI=1S/C15H18N4O2/c1-10-14(18-9-17-10)15(20)19-13-8-21-7-12(13)6-11-2-4-16-5-3-11/h2-5,9,12-13H,6-8H2,1H3,(H,17,18)(H,19,20)/t12-,13+/m1/s1. The summed E-state index contributed by atoms with van der Waals surface area (Å²) in [4.78, 5) is 23.2. The van der Waals surface area contributed by atoms with Crippen LogP contribution < -0.4 is 5.32 Å². The molecule has 1 amide bonds. The molecule has 6 nitrogen and oxygen atoms in total. The Hall–Kier alpha value is -2.21. The third kappa shape index (κ3) is 3.11. The lowest BCUT2D eigenvalue weighted by Crippen LogP contribution is -2.41. The SMILES string of the molecule is Cc1[nH]cnc1C(=O)N[C@H]1COC[C@H]1Cc1ccncc1. The molecule has 0 saturated carbocycles. The molecule has 2 aromatic heterocycles. The van der Waals surface area contributed by atoms with Crippen LogP contribution in [0.1, 0.15) is 21.7 Å². The first-order chi connectivity index (χ1) is 10.2. The molecule has 0 radical (unpaired) electrons. The zero-order valence-corrected chi connectivity index (χ0v) is 11.9. The highest BCUT2D eigenvalue weighted by atomic mass is 16.5. The average Bonchev–Trinajstić information content (AvgIpc) is 3.10. The van der Waals surface area contributed by atoms with E-state index in [1.165, 1.54) is 11.9 Å². The highest BCUT2D eigenvalue weighted by molar-refractivity contribution is 5.93. The van der Waals surface area contributed by atoms with Gasteiger partial charge >= 0.3 is 0 Å². The van der Waals surface area contributed by atoms with Gasteiger partial charge in [0, 0.05) is 24.0 Å². The van der Waals surface area contributed by atoms with Crippen molar-refractivity contribution in [1.29, 1.82) is 0 Å². The number of aromatic amines is 1. The molecule has 0 spiro atoms. The van der Waals surface area contributed by atoms with Crippen LogP contribution in [0, 0.1) is 12.8 Å². The Morgan fingerprint density at radius 1 is 1.43 bits per heavy atom. The molecular formula is C15H18N4O2. The second-order valence-electron chi connectivity index (χ2n) is 5.31. The molecule has 110 valence electrons. The number of nitrogens with zero attached hydrogens (tertiary/aromatic N) is 2. The molecular weight excluding hydrogens is 268 g/mol. The summed E-state index contributed by atoms with van der Waals surface area (Å²) in [5.41, 5.74) is 2.43. The van der Waals surface area contributed by atoms with E-state index in [1.807, 2.05) is 19.1 Å². The highest BCUT2D eigenvalue weighted by Gasteiger charge is 2.30. The summed E-state index contributed by atoms with van der Waals surface area (Å²) < 4.78 is 5.53. The number of aromatic nitrogens is 3. The third-order valence-corrected chi connectivity index (χ3v) is 3.81. The van der Waals surface area contributed by atoms with Crippen LogP contribution in [-0.4, -0.2) is 40.1 Å². The molecule has 0 aliphatic carbocycles. The van der Waals surface area contributed by atoms with Crippen LogP contribution in [0.2, 0.25) is 0 Å². The van der Waals surface area contributed by atoms with Gasteiger partial charge in [0.15, 0.2) is 0 Å². The number of carbonyl (C=O) groups excluding carboxylic acids is 1. The lowest BCUT2D eigenvalue weighted by Gasteiger charge is -2.18. The van der Waals surface area contributed by atoms with E-state index in [9.17, 15) is 4.79 Å². The summed E-state index contributed by atoms with van der Waals surface area (Å²) >= 11 is 0. The van der Waals surface area contributed by atoms with Gasteiger partial charge < -0.3 is 15.0 Å². The molecule has 1 aliphatic rings. The van der Waals surface area contributed by atoms with Crippen LogP contribution in [0.25, 0.3) is 0 Å². The van der Waals surface area contributed by atoms with Crippen LogP contribution in [0.3, 0.4) is 0 Å². The highest BCUT2D eigenvalue weighted by Crippen LogP contribution is 2.19. The molecule has 0 unspecified atom stereocenters. The van der Waals surface area contributed by atoms with Crippen LogP contribution in [0.5, 0.6) is 0 Å². The van der Waals surface area contributed by atoms with E-state index in [0.717, 1.165) is 12.1 Å². The van der Waals surface area contributed by atoms with Gasteiger partial charge in [-0.3, -0.25) is 9.78 Å². The molecule has 1 aliphatic heterocycles. The molecule has 1 fully saturated rings. The smallest absolute Gasteiger partial charge is 0.272 e. The summed E-state index contributed by atoms with van der Waals surface area (Å²) in [5.74, 6) is 0.125. The van der Waals surface area contributed by atoms with Crippen molar-refractivity contribution >= 4 is 5.91 Å². The van der Waals surface area contributed by atoms with Crippen LogP contribution in [-0.2, 0) is 11.2 Å². The van der Waals surface area contributed by atoms with Gasteiger partial charge in [-0.2, -0.15) is 0 Å². The molecule has 1 saturated heterocycles. The first kappa shape index (κ1) is 13.8. The average molecular weight is 286 g/mol. The molecule has 3 heterocycles. The Balaban J connectivity index is 1.64. The van der Waals surface area contributed by atoms with Crippen LogP contribution in [0.4, 0.5) is 0 Å². The first-order valence-corrected chi connectivity index (χ1v) is 7.01. The van der Waals surface area contributed by atoms with E-state index in [4.69, 9.17) is 4.74 Å². The van der Waals surface area contributed by atoms with Crippen molar-refractivity contribution in [3.8, 4) is 0 Å². The largest absolute Gasteiger partial charge is 0.379 e. The van der Waals surface area contributed by atoms with Crippen molar-refractivity contribution in [3.05, 3.63) is 47.8 Å². The maximum atomic E-state index is 12.2. The van der Waals surface area contributed by atoms with E-state index < -0.39 is 0 Å². The Morgan fingerprint density at radius 2 is 2.24 bits per heavy atom. The van der Waals surface area contributed by atoms with Crippen molar-refractivity contribution in [1.82, 2.24) is 20.3 Å². The van der Waals surface area contributed by atoms with Crippen LogP contribution in [0.15, 0.2) is 30.9 Å². The monoisotopic (exact) mass is 286 g/mol. The fraction of sp³-hybridized carbons (Fsp3) is 0.400. The quantitative estimate of drug-likeness (QED) is 0.882. The number of hydrogen-bond donors (Lipinski definition) is 2. The number of amides is 1. The van der Waals surface area contributed by atoms with Crippen molar-refractivity contribution in [2.24, 2.45) is 5.92 Å². The molecule has 0 bridgehead atoms. The minimum Gasteiger partial charge on any atom is -0.379 e. The first-order valence-electron chi connectivity index (χ1n) is 7.01. The minimum absolute atomic E-state index is 0.0155. The summed E-state index contributed by atoms with van der Waals surface area (Å²) in [6, 6.07) is 4.01. The van der Waals surface area contributed by atoms with E-state index in [1.54, 1.807) is 12.4 Å². The fourth-order valence-corrected chi connectivity index (χ4v) is 2.61. The topological polar surface area (TPSA) is 79.9 Å². The van der Waals surface area contributed by atoms with Gasteiger partial charge in [0.25, 0.3) is 5.91 Å². The van der Waals surface area contributed by atoms with Crippen molar-refractivity contribution < 1.29 is 9.53 Å². The van der Waals surface area contributed by atoms with Gasteiger partial charge in [-0.15, -0.1) is 0 Å². The minimum atomic E-state index is -0.149. The van der Waals surface area contributed by atoms with Crippen molar-refractivity contribution in [2.45, 2.75) is 19.4 Å². The summed E-state index contributed by atoms with van der Waals surface area (Å²) in [6.07, 6.45) is 5.97. The van der Waals surface area contributed by atoms with Gasteiger partial charge in [-0.1, -0.05) is 0 Å². The normalized spacial score (nSPS) is 21.4. The second-order valence-corrected chi connectivity index (χ2v) is 5.31. The van der Waals surface area contributed by atoms with Gasteiger partial charge in [-0.05, 0) is 31.0 Å². The van der Waals surface area contributed by atoms with Gasteiger partial charge in [0.05, 0.1) is 25.6 Å². The van der Waals surface area contributed by atoms with Crippen molar-refractivity contribution in [3.63, 3.8) is 0 Å². The second kappa shape index (κ2) is 6.05. The van der Waals surface area contributed by atoms with Gasteiger partial charge in [0.2, 0.25) is 0 Å². The van der Waals surface area contributed by atoms with E-state index in [-0.39, 0.29) is 17.9 Å². The molecule has 0 aromatic carbocycles. The molecule has 6 heteroatoms. The molecule has 2 N–H and O–H groups in total. The molecule has 3 rings (SSSR count). The zero-order chi connectivity index (χ0) is 14.7. The van der Waals surface area contributed by atoms with E-state index in [0.29, 0.717) is 18.9 Å². The molecule has 2 atom stereocenters. The Labute approximate surface area is 123 Å². The molecule has 2 aromatic rings. The maximum absolute atomic E-state index is 12.2. The number of hydrogen-bond acceptors (Lipinski definition) is 4. The number of H-pyrrole nitrogens is 1. The predicted molar refractivity (Wildman–Crippen MR) is 76.8 cm³/mol. The number of aryl methyl sites for hydroxylation is 1. The number of pyridine rings is 1. The number of imidazole rings is 1. The molecule has 21 heavy (non-hydrogen) atoms. The van der Waals surface area contributed by atoms with Gasteiger partial charge in [0.1, 0.15) is 5.69 Å². The maximum Gasteiger partial charge on any atom is 0.272 e. The van der Waals surface area contributed by atoms with Crippen molar-refractivity contribution in [2.75, 3.05) is 13.2 Å². The third-order valence-electron chi connectivity index (χ3n) is 3.81. The van der Waals surface area contributed by atoms with Gasteiger partial charge in [-0.25, -0.2) is 4.98 Å². The fourth-order valence-electron chi connectivity index (χ4n) is 2.61. The lowest BCUT2D eigenvalue weighted by molar-refractivity contribution is 0.0920. The Kier molecular flexibility index (Phi) is 3.96. The lowest BCUT2D eigenvalue weighted by atomic mass is 9.95. The number of rotatable bonds is 4. The van der Waals surface area contributed by atoms with E-state index >= 15 is 0 Å². The number of ether oxygens (including phenoxy) is 1. The Morgan fingerprint density at radius 3 is 2.95 bits per heavy atom. The van der Waals surface area contributed by atoms with Crippen LogP contribution >= 0.6 is 0 Å². The summed E-state index contributed by atoms with van der Waals surface area (Å²) in [5, 5.41) is 3.03.